The molecule has 0 fully saturated rings. The van der Waals surface area contributed by atoms with Gasteiger partial charge >= 0.3 is 12.1 Å². The van der Waals surface area contributed by atoms with Gasteiger partial charge in [-0.25, -0.2) is 0 Å². The van der Waals surface area contributed by atoms with E-state index in [0.717, 1.165) is 0 Å². The van der Waals surface area contributed by atoms with Gasteiger partial charge in [0.2, 0.25) is 0 Å². The van der Waals surface area contributed by atoms with E-state index >= 15 is 0 Å². The first kappa shape index (κ1) is 13.5. The Kier molecular flexibility index (Phi) is 3.30. The van der Waals surface area contributed by atoms with Crippen LogP contribution in [-0.2, 0) is 4.79 Å². The summed E-state index contributed by atoms with van der Waals surface area (Å²) in [5.41, 5.74) is -0.171. The second-order valence-corrected chi connectivity index (χ2v) is 4.01. The Hall–Kier alpha value is -1.92. The quantitative estimate of drug-likeness (QED) is 0.615. The van der Waals surface area contributed by atoms with Crippen molar-refractivity contribution >= 4 is 5.97 Å². The van der Waals surface area contributed by atoms with E-state index in [4.69, 9.17) is 14.2 Å². The summed E-state index contributed by atoms with van der Waals surface area (Å²) < 4.78 is 53.7. The molecule has 1 aliphatic rings. The monoisotopic (exact) mass is 276 g/mol. The molecular formula is C12H11F3O4. The lowest BCUT2D eigenvalue weighted by atomic mass is 9.91. The molecule has 7 heteroatoms. The molecule has 1 aliphatic heterocycles. The van der Waals surface area contributed by atoms with E-state index in [1.54, 1.807) is 0 Å². The minimum absolute atomic E-state index is 0.0100. The summed E-state index contributed by atoms with van der Waals surface area (Å²) in [6, 6.07) is 2.57. The molecule has 0 N–H and O–H groups in total. The van der Waals surface area contributed by atoms with Crippen molar-refractivity contribution in [3.63, 3.8) is 0 Å². The standard InChI is InChI=1S/C12H11F3O4/c1-17-6-3-8(18-2)11-7(12(13,14)15)5-10(16)19-9(11)4-6/h3-4,7H,5H2,1-2H3/t7-/m0/s1. The van der Waals surface area contributed by atoms with E-state index in [1.165, 1.54) is 26.4 Å². The number of halogens is 3. The topological polar surface area (TPSA) is 44.8 Å². The second-order valence-electron chi connectivity index (χ2n) is 4.01. The van der Waals surface area contributed by atoms with Crippen molar-refractivity contribution in [3.05, 3.63) is 17.7 Å². The predicted octanol–water partition coefficient (Wildman–Crippen LogP) is 2.66. The largest absolute Gasteiger partial charge is 0.496 e. The Morgan fingerprint density at radius 3 is 2.47 bits per heavy atom. The van der Waals surface area contributed by atoms with Crippen molar-refractivity contribution in [3.8, 4) is 17.2 Å². The molecule has 0 unspecified atom stereocenters. The zero-order chi connectivity index (χ0) is 14.2. The summed E-state index contributed by atoms with van der Waals surface area (Å²) in [5, 5.41) is 0. The van der Waals surface area contributed by atoms with Gasteiger partial charge in [-0.05, 0) is 0 Å². The molecule has 19 heavy (non-hydrogen) atoms. The Bertz CT molecular complexity index is 510. The average molecular weight is 276 g/mol. The number of benzene rings is 1. The molecule has 104 valence electrons. The zero-order valence-electron chi connectivity index (χ0n) is 10.2. The minimum atomic E-state index is -4.55. The van der Waals surface area contributed by atoms with Crippen molar-refractivity contribution in [1.29, 1.82) is 0 Å². The molecule has 0 saturated carbocycles. The van der Waals surface area contributed by atoms with Crippen LogP contribution in [0.15, 0.2) is 12.1 Å². The maximum absolute atomic E-state index is 13.0. The highest BCUT2D eigenvalue weighted by molar-refractivity contribution is 5.78. The number of methoxy groups -OCH3 is 2. The molecule has 0 bridgehead atoms. The maximum Gasteiger partial charge on any atom is 0.396 e. The molecule has 1 atom stereocenters. The van der Waals surface area contributed by atoms with E-state index in [2.05, 4.69) is 0 Å². The highest BCUT2D eigenvalue weighted by Crippen LogP contribution is 2.49. The Balaban J connectivity index is 2.62. The molecule has 4 nitrogen and oxygen atoms in total. The van der Waals surface area contributed by atoms with E-state index in [9.17, 15) is 18.0 Å². The van der Waals surface area contributed by atoms with Gasteiger partial charge in [-0.1, -0.05) is 0 Å². The smallest absolute Gasteiger partial charge is 0.396 e. The summed E-state index contributed by atoms with van der Waals surface area (Å²) in [5.74, 6) is -2.78. The lowest BCUT2D eigenvalue weighted by Crippen LogP contribution is -2.30. The van der Waals surface area contributed by atoms with Crippen LogP contribution in [0.3, 0.4) is 0 Å². The highest BCUT2D eigenvalue weighted by atomic mass is 19.4. The fourth-order valence-corrected chi connectivity index (χ4v) is 2.00. The van der Waals surface area contributed by atoms with Crippen molar-refractivity contribution in [1.82, 2.24) is 0 Å². The zero-order valence-corrected chi connectivity index (χ0v) is 10.2. The van der Waals surface area contributed by atoms with Gasteiger partial charge in [0, 0.05) is 17.7 Å². The maximum atomic E-state index is 13.0. The Morgan fingerprint density at radius 2 is 1.95 bits per heavy atom. The van der Waals surface area contributed by atoms with Crippen molar-refractivity contribution in [2.75, 3.05) is 14.2 Å². The van der Waals surface area contributed by atoms with E-state index in [-0.39, 0.29) is 22.8 Å². The number of hydrogen-bond acceptors (Lipinski definition) is 4. The molecule has 0 spiro atoms. The van der Waals surface area contributed by atoms with Gasteiger partial charge in [0.1, 0.15) is 17.2 Å². The lowest BCUT2D eigenvalue weighted by molar-refractivity contribution is -0.166. The third-order valence-corrected chi connectivity index (χ3v) is 2.87. The molecule has 0 amide bonds. The van der Waals surface area contributed by atoms with Crippen LogP contribution in [0.2, 0.25) is 0 Å². The molecule has 1 aromatic carbocycles. The number of esters is 1. The van der Waals surface area contributed by atoms with Crippen LogP contribution in [0, 0.1) is 0 Å². The van der Waals surface area contributed by atoms with Crippen LogP contribution >= 0.6 is 0 Å². The molecule has 1 heterocycles. The van der Waals surface area contributed by atoms with Crippen molar-refractivity contribution in [2.24, 2.45) is 0 Å². The highest BCUT2D eigenvalue weighted by Gasteiger charge is 2.48. The van der Waals surface area contributed by atoms with Gasteiger partial charge in [0.05, 0.1) is 26.6 Å². The number of carbonyl (C=O) groups is 1. The molecular weight excluding hydrogens is 265 g/mol. The van der Waals surface area contributed by atoms with Gasteiger partial charge in [-0.2, -0.15) is 13.2 Å². The summed E-state index contributed by atoms with van der Waals surface area (Å²) in [6.07, 6.45) is -5.30. The molecule has 2 rings (SSSR count). The molecule has 1 aromatic rings. The van der Waals surface area contributed by atoms with E-state index in [0.29, 0.717) is 0 Å². The number of hydrogen-bond donors (Lipinski definition) is 0. The first-order valence-electron chi connectivity index (χ1n) is 5.40. The molecule has 0 aromatic heterocycles. The molecule has 0 aliphatic carbocycles. The third kappa shape index (κ3) is 2.45. The lowest BCUT2D eigenvalue weighted by Gasteiger charge is -2.28. The predicted molar refractivity (Wildman–Crippen MR) is 58.6 cm³/mol. The van der Waals surface area contributed by atoms with Crippen molar-refractivity contribution < 1.29 is 32.2 Å². The summed E-state index contributed by atoms with van der Waals surface area (Å²) in [6.45, 7) is 0. The van der Waals surface area contributed by atoms with Crippen LogP contribution < -0.4 is 14.2 Å². The van der Waals surface area contributed by atoms with Gasteiger partial charge in [-0.3, -0.25) is 4.79 Å². The summed E-state index contributed by atoms with van der Waals surface area (Å²) in [4.78, 5) is 11.3. The number of ether oxygens (including phenoxy) is 3. The number of fused-ring (bicyclic) bond motifs is 1. The first-order valence-corrected chi connectivity index (χ1v) is 5.40. The fraction of sp³-hybridized carbons (Fsp3) is 0.417. The van der Waals surface area contributed by atoms with Crippen LogP contribution in [0.25, 0.3) is 0 Å². The SMILES string of the molecule is COc1cc(OC)c2c(c1)OC(=O)C[C@@H]2C(F)(F)F. The van der Waals surface area contributed by atoms with Gasteiger partial charge in [0.25, 0.3) is 0 Å². The first-order chi connectivity index (χ1) is 8.86. The van der Waals surface area contributed by atoms with Crippen LogP contribution in [0.4, 0.5) is 13.2 Å². The molecule has 0 radical (unpaired) electrons. The van der Waals surface area contributed by atoms with Crippen LogP contribution in [0.5, 0.6) is 17.2 Å². The number of rotatable bonds is 2. The third-order valence-electron chi connectivity index (χ3n) is 2.87. The Morgan fingerprint density at radius 1 is 1.26 bits per heavy atom. The van der Waals surface area contributed by atoms with Gasteiger partial charge in [-0.15, -0.1) is 0 Å². The van der Waals surface area contributed by atoms with Crippen molar-refractivity contribution in [2.45, 2.75) is 18.5 Å². The fourth-order valence-electron chi connectivity index (χ4n) is 2.00. The average Bonchev–Trinajstić information content (AvgIpc) is 2.34. The van der Waals surface area contributed by atoms with Gasteiger partial charge < -0.3 is 14.2 Å². The van der Waals surface area contributed by atoms with E-state index < -0.39 is 24.5 Å². The van der Waals surface area contributed by atoms with Gasteiger partial charge in [0.15, 0.2) is 0 Å². The minimum Gasteiger partial charge on any atom is -0.496 e. The van der Waals surface area contributed by atoms with Crippen LogP contribution in [-0.4, -0.2) is 26.4 Å². The number of carbonyl (C=O) groups excluding carboxylic acids is 1. The molecule has 0 saturated heterocycles. The Labute approximate surface area is 107 Å². The van der Waals surface area contributed by atoms with Crippen LogP contribution in [0.1, 0.15) is 17.9 Å². The second kappa shape index (κ2) is 4.64. The normalized spacial score (nSPS) is 18.6. The van der Waals surface area contributed by atoms with E-state index in [1.807, 2.05) is 0 Å². The summed E-state index contributed by atoms with van der Waals surface area (Å²) >= 11 is 0. The number of alkyl halides is 3. The summed E-state index contributed by atoms with van der Waals surface area (Å²) in [7, 11) is 2.60.